The lowest BCUT2D eigenvalue weighted by Gasteiger charge is -2.23. The second-order valence-corrected chi connectivity index (χ2v) is 6.36. The van der Waals surface area contributed by atoms with Crippen molar-refractivity contribution in [2.75, 3.05) is 19.6 Å². The van der Waals surface area contributed by atoms with Gasteiger partial charge in [-0.25, -0.2) is 0 Å². The molecule has 2 aliphatic heterocycles. The fourth-order valence-corrected chi connectivity index (χ4v) is 3.95. The van der Waals surface area contributed by atoms with Crippen molar-refractivity contribution in [1.29, 1.82) is 0 Å². The fourth-order valence-electron chi connectivity index (χ4n) is 3.17. The monoisotopic (exact) mass is 273 g/mol. The lowest BCUT2D eigenvalue weighted by atomic mass is 10.00. The number of fused-ring (bicyclic) bond motifs is 3. The number of thiophene rings is 1. The number of pyridine rings is 1. The van der Waals surface area contributed by atoms with Crippen LogP contribution in [0.25, 0.3) is 10.2 Å². The Balaban J connectivity index is 1.53. The molecule has 0 spiro atoms. The number of nitrogens with zero attached hydrogens (tertiary/aromatic N) is 2. The maximum atomic E-state index is 12.3. The molecule has 3 atom stereocenters. The Bertz CT molecular complexity index is 638. The molecular formula is C14H15N3OS. The molecule has 2 aliphatic rings. The molecule has 4 heterocycles. The van der Waals surface area contributed by atoms with E-state index >= 15 is 0 Å². The normalized spacial score (nSPS) is 28.9. The predicted octanol–water partition coefficient (Wildman–Crippen LogP) is 1.73. The van der Waals surface area contributed by atoms with Crippen molar-refractivity contribution >= 4 is 27.5 Å². The summed E-state index contributed by atoms with van der Waals surface area (Å²) in [6.45, 7) is 3.35. The third-order valence-electron chi connectivity index (χ3n) is 4.21. The van der Waals surface area contributed by atoms with Crippen LogP contribution in [0, 0.1) is 5.92 Å². The smallest absolute Gasteiger partial charge is 0.253 e. The molecule has 98 valence electrons. The number of aromatic nitrogens is 1. The van der Waals surface area contributed by atoms with E-state index in [-0.39, 0.29) is 5.91 Å². The maximum Gasteiger partial charge on any atom is 0.253 e. The fraction of sp³-hybridized carbons (Fsp3) is 0.429. The minimum atomic E-state index is 0.0153. The number of rotatable bonds is 2. The minimum absolute atomic E-state index is 0.0153. The van der Waals surface area contributed by atoms with Gasteiger partial charge in [-0.1, -0.05) is 0 Å². The molecule has 0 saturated carbocycles. The number of hydrogen-bond donors (Lipinski definition) is 1. The molecular weight excluding hydrogens is 258 g/mol. The van der Waals surface area contributed by atoms with Gasteiger partial charge in [-0.05, 0) is 36.4 Å². The SMILES string of the molecule is O=C(NC1CN2CCC1C2)c1cnc2ccsc2c1. The van der Waals surface area contributed by atoms with Gasteiger partial charge in [-0.15, -0.1) is 11.3 Å². The first-order valence-corrected chi connectivity index (χ1v) is 7.54. The Morgan fingerprint density at radius 2 is 2.42 bits per heavy atom. The molecule has 3 unspecified atom stereocenters. The number of piperidine rings is 1. The topological polar surface area (TPSA) is 45.2 Å². The van der Waals surface area contributed by atoms with Gasteiger partial charge in [0.1, 0.15) is 0 Å². The number of carbonyl (C=O) groups is 1. The van der Waals surface area contributed by atoms with Gasteiger partial charge in [0.25, 0.3) is 5.91 Å². The van der Waals surface area contributed by atoms with Crippen molar-refractivity contribution < 1.29 is 4.79 Å². The largest absolute Gasteiger partial charge is 0.348 e. The van der Waals surface area contributed by atoms with Crippen molar-refractivity contribution in [3.63, 3.8) is 0 Å². The number of hydrogen-bond acceptors (Lipinski definition) is 4. The van der Waals surface area contributed by atoms with Crippen LogP contribution < -0.4 is 5.32 Å². The Labute approximate surface area is 115 Å². The van der Waals surface area contributed by atoms with Gasteiger partial charge in [-0.3, -0.25) is 9.78 Å². The van der Waals surface area contributed by atoms with E-state index in [0.717, 1.165) is 23.3 Å². The summed E-state index contributed by atoms with van der Waals surface area (Å²) in [6, 6.07) is 4.24. The van der Waals surface area contributed by atoms with E-state index in [1.54, 1.807) is 17.5 Å². The van der Waals surface area contributed by atoms with Crippen molar-refractivity contribution in [2.45, 2.75) is 12.5 Å². The number of nitrogens with one attached hydrogen (secondary N) is 1. The van der Waals surface area contributed by atoms with E-state index in [1.165, 1.54) is 13.0 Å². The molecule has 2 bridgehead atoms. The van der Waals surface area contributed by atoms with E-state index in [2.05, 4.69) is 15.2 Å². The van der Waals surface area contributed by atoms with E-state index in [1.807, 2.05) is 17.5 Å². The zero-order chi connectivity index (χ0) is 12.8. The summed E-state index contributed by atoms with van der Waals surface area (Å²) in [4.78, 5) is 19.0. The van der Waals surface area contributed by atoms with Crippen molar-refractivity contribution in [3.8, 4) is 0 Å². The zero-order valence-electron chi connectivity index (χ0n) is 10.5. The molecule has 2 fully saturated rings. The molecule has 2 aromatic heterocycles. The quantitative estimate of drug-likeness (QED) is 0.906. The van der Waals surface area contributed by atoms with Crippen LogP contribution >= 0.6 is 11.3 Å². The molecule has 5 heteroatoms. The van der Waals surface area contributed by atoms with Crippen LogP contribution in [0.5, 0.6) is 0 Å². The lowest BCUT2D eigenvalue weighted by molar-refractivity contribution is 0.0924. The molecule has 1 N–H and O–H groups in total. The van der Waals surface area contributed by atoms with Gasteiger partial charge >= 0.3 is 0 Å². The Morgan fingerprint density at radius 3 is 3.21 bits per heavy atom. The lowest BCUT2D eigenvalue weighted by Crippen LogP contribution is -2.43. The van der Waals surface area contributed by atoms with E-state index in [4.69, 9.17) is 0 Å². The standard InChI is InChI=1S/C14H15N3OS/c18-14(16-12-8-17-3-1-9(12)7-17)10-5-13-11(15-6-10)2-4-19-13/h2,4-6,9,12H,1,3,7-8H2,(H,16,18). The molecule has 1 amide bonds. The first kappa shape index (κ1) is 11.4. The zero-order valence-corrected chi connectivity index (χ0v) is 11.3. The molecule has 2 saturated heterocycles. The second-order valence-electron chi connectivity index (χ2n) is 5.42. The molecule has 4 nitrogen and oxygen atoms in total. The molecule has 4 rings (SSSR count). The Morgan fingerprint density at radius 1 is 1.47 bits per heavy atom. The van der Waals surface area contributed by atoms with Crippen molar-refractivity contribution in [2.24, 2.45) is 5.92 Å². The van der Waals surface area contributed by atoms with Crippen LogP contribution in [-0.2, 0) is 0 Å². The van der Waals surface area contributed by atoms with Gasteiger partial charge < -0.3 is 10.2 Å². The minimum Gasteiger partial charge on any atom is -0.348 e. The predicted molar refractivity (Wildman–Crippen MR) is 75.4 cm³/mol. The van der Waals surface area contributed by atoms with Gasteiger partial charge in [0.15, 0.2) is 0 Å². The summed E-state index contributed by atoms with van der Waals surface area (Å²) >= 11 is 1.62. The van der Waals surface area contributed by atoms with Crippen LogP contribution in [0.3, 0.4) is 0 Å². The third kappa shape index (κ3) is 1.93. The summed E-state index contributed by atoms with van der Waals surface area (Å²) in [7, 11) is 0. The summed E-state index contributed by atoms with van der Waals surface area (Å²) in [6.07, 6.45) is 2.89. The van der Waals surface area contributed by atoms with Gasteiger partial charge in [0.05, 0.1) is 15.8 Å². The highest BCUT2D eigenvalue weighted by Crippen LogP contribution is 2.28. The average molecular weight is 273 g/mol. The molecule has 0 aromatic carbocycles. The van der Waals surface area contributed by atoms with E-state index in [9.17, 15) is 4.79 Å². The van der Waals surface area contributed by atoms with Crippen molar-refractivity contribution in [3.05, 3.63) is 29.3 Å². The van der Waals surface area contributed by atoms with Crippen LogP contribution in [0.4, 0.5) is 0 Å². The van der Waals surface area contributed by atoms with Gasteiger partial charge in [0, 0.05) is 25.3 Å². The third-order valence-corrected chi connectivity index (χ3v) is 5.07. The molecule has 0 aliphatic carbocycles. The highest BCUT2D eigenvalue weighted by Gasteiger charge is 2.38. The molecule has 2 aromatic rings. The Kier molecular flexibility index (Phi) is 2.56. The highest BCUT2D eigenvalue weighted by atomic mass is 32.1. The summed E-state index contributed by atoms with van der Waals surface area (Å²) in [5.41, 5.74) is 1.64. The van der Waals surface area contributed by atoms with Crippen LogP contribution in [-0.4, -0.2) is 41.5 Å². The van der Waals surface area contributed by atoms with Gasteiger partial charge in [-0.2, -0.15) is 0 Å². The van der Waals surface area contributed by atoms with E-state index < -0.39 is 0 Å². The average Bonchev–Trinajstić information content (AvgIpc) is 3.13. The number of carbonyl (C=O) groups excluding carboxylic acids is 1. The first-order chi connectivity index (χ1) is 9.29. The van der Waals surface area contributed by atoms with Crippen LogP contribution in [0.1, 0.15) is 16.8 Å². The van der Waals surface area contributed by atoms with E-state index in [0.29, 0.717) is 17.5 Å². The highest BCUT2D eigenvalue weighted by molar-refractivity contribution is 7.17. The number of amides is 1. The second kappa shape index (κ2) is 4.28. The molecule has 19 heavy (non-hydrogen) atoms. The summed E-state index contributed by atoms with van der Waals surface area (Å²) in [5.74, 6) is 0.656. The van der Waals surface area contributed by atoms with Crippen LogP contribution in [0.15, 0.2) is 23.7 Å². The molecule has 0 radical (unpaired) electrons. The van der Waals surface area contributed by atoms with Crippen molar-refractivity contribution in [1.82, 2.24) is 15.2 Å². The Hall–Kier alpha value is -1.46. The summed E-state index contributed by atoms with van der Waals surface area (Å²) in [5, 5.41) is 5.17. The van der Waals surface area contributed by atoms with Gasteiger partial charge in [0.2, 0.25) is 0 Å². The summed E-state index contributed by atoms with van der Waals surface area (Å²) < 4.78 is 1.07. The van der Waals surface area contributed by atoms with Crippen LogP contribution in [0.2, 0.25) is 0 Å². The maximum absolute atomic E-state index is 12.3. The first-order valence-electron chi connectivity index (χ1n) is 6.66.